The Morgan fingerprint density at radius 2 is 1.84 bits per heavy atom. The lowest BCUT2D eigenvalue weighted by Gasteiger charge is -2.41. The lowest BCUT2D eigenvalue weighted by molar-refractivity contribution is -0.142. The van der Waals surface area contributed by atoms with E-state index in [-0.39, 0.29) is 17.0 Å². The second-order valence-electron chi connectivity index (χ2n) is 9.26. The zero-order valence-corrected chi connectivity index (χ0v) is 18.2. The van der Waals surface area contributed by atoms with Crippen molar-refractivity contribution in [2.75, 3.05) is 19.6 Å². The normalized spacial score (nSPS) is 19.8. The second-order valence-corrected chi connectivity index (χ2v) is 14.0. The van der Waals surface area contributed by atoms with Crippen molar-refractivity contribution in [3.8, 4) is 0 Å². The average Bonchev–Trinajstić information content (AvgIpc) is 2.39. The Morgan fingerprint density at radius 3 is 2.36 bits per heavy atom. The third kappa shape index (κ3) is 6.97. The van der Waals surface area contributed by atoms with Crippen molar-refractivity contribution in [1.82, 2.24) is 10.2 Å². The van der Waals surface area contributed by atoms with E-state index >= 15 is 0 Å². The topological polar surface area (TPSA) is 67.9 Å². The molecule has 0 aromatic heterocycles. The lowest BCUT2D eigenvalue weighted by Crippen LogP contribution is -2.53. The van der Waals surface area contributed by atoms with Gasteiger partial charge in [0.2, 0.25) is 0 Å². The molecule has 6 nitrogen and oxygen atoms in total. The number of piperidine rings is 1. The molecule has 0 aromatic carbocycles. The number of hydrogen-bond acceptors (Lipinski definition) is 4. The Morgan fingerprint density at radius 1 is 1.24 bits per heavy atom. The van der Waals surface area contributed by atoms with Crippen molar-refractivity contribution in [3.05, 3.63) is 0 Å². The summed E-state index contributed by atoms with van der Waals surface area (Å²) in [5.41, 5.74) is -0.521. The van der Waals surface area contributed by atoms with Gasteiger partial charge in [0.25, 0.3) is 5.91 Å². The molecule has 1 rings (SSSR count). The molecule has 1 aliphatic rings. The summed E-state index contributed by atoms with van der Waals surface area (Å²) in [5.74, 6) is 0.0436. The van der Waals surface area contributed by atoms with Gasteiger partial charge in [-0.05, 0) is 51.7 Å². The monoisotopic (exact) mass is 372 g/mol. The van der Waals surface area contributed by atoms with Crippen molar-refractivity contribution in [2.45, 2.75) is 84.2 Å². The first-order valence-corrected chi connectivity index (χ1v) is 12.1. The third-order valence-electron chi connectivity index (χ3n) is 4.77. The summed E-state index contributed by atoms with van der Waals surface area (Å²) < 4.78 is 11.5. The molecular formula is C18H36N2O4Si. The zero-order valence-electron chi connectivity index (χ0n) is 17.2. The summed E-state index contributed by atoms with van der Waals surface area (Å²) >= 11 is 0. The van der Waals surface area contributed by atoms with Gasteiger partial charge in [0.1, 0.15) is 11.7 Å². The van der Waals surface area contributed by atoms with Crippen molar-refractivity contribution < 1.29 is 18.8 Å². The molecule has 0 aliphatic carbocycles. The molecule has 1 atom stereocenters. The lowest BCUT2D eigenvalue weighted by atomic mass is 10.1. The summed E-state index contributed by atoms with van der Waals surface area (Å²) in [7, 11) is -1.98. The van der Waals surface area contributed by atoms with Gasteiger partial charge in [-0.25, -0.2) is 4.79 Å². The van der Waals surface area contributed by atoms with Crippen molar-refractivity contribution in [1.29, 1.82) is 0 Å². The Labute approximate surface area is 153 Å². The Hall–Kier alpha value is -1.08. The SMILES string of the molecule is CC(C)(C)OC(=O)NCCN1CCC[C@@H](O[Si](C)(C)C(C)(C)C)C1=O. The Kier molecular flexibility index (Phi) is 7.09. The number of likely N-dealkylation sites (tertiary alicyclic amines) is 1. The molecule has 1 heterocycles. The highest BCUT2D eigenvalue weighted by atomic mass is 28.4. The maximum absolute atomic E-state index is 12.7. The molecule has 0 unspecified atom stereocenters. The standard InChI is InChI=1S/C18H36N2O4Si/c1-17(2,3)23-16(22)19-11-13-20-12-9-10-14(15(20)21)24-25(7,8)18(4,5)6/h14H,9-13H2,1-8H3,(H,19,22)/t14-/m1/s1. The van der Waals surface area contributed by atoms with E-state index in [1.165, 1.54) is 0 Å². The molecule has 7 heteroatoms. The number of nitrogens with one attached hydrogen (secondary N) is 1. The number of hydrogen-bond donors (Lipinski definition) is 1. The number of rotatable bonds is 5. The molecule has 1 saturated heterocycles. The van der Waals surface area contributed by atoms with Crippen molar-refractivity contribution >= 4 is 20.3 Å². The van der Waals surface area contributed by atoms with Crippen molar-refractivity contribution in [3.63, 3.8) is 0 Å². The number of carbonyl (C=O) groups is 2. The fraction of sp³-hybridized carbons (Fsp3) is 0.889. The molecular weight excluding hydrogens is 336 g/mol. The maximum atomic E-state index is 12.7. The van der Waals surface area contributed by atoms with Crippen LogP contribution in [0.1, 0.15) is 54.4 Å². The first-order valence-electron chi connectivity index (χ1n) is 9.16. The maximum Gasteiger partial charge on any atom is 0.407 e. The van der Waals surface area contributed by atoms with Crippen LogP contribution in [0.25, 0.3) is 0 Å². The zero-order chi connectivity index (χ0) is 19.5. The van der Waals surface area contributed by atoms with Gasteiger partial charge in [-0.2, -0.15) is 0 Å². The number of carbonyl (C=O) groups excluding carboxylic acids is 2. The Balaban J connectivity index is 2.52. The van der Waals surface area contributed by atoms with Crippen LogP contribution in [-0.4, -0.2) is 56.6 Å². The van der Waals surface area contributed by atoms with Gasteiger partial charge in [0.15, 0.2) is 8.32 Å². The third-order valence-corrected chi connectivity index (χ3v) is 9.26. The molecule has 1 N–H and O–H groups in total. The van der Waals surface area contributed by atoms with E-state index in [1.807, 2.05) is 20.8 Å². The van der Waals surface area contributed by atoms with Gasteiger partial charge in [-0.1, -0.05) is 20.8 Å². The molecule has 2 amide bonds. The fourth-order valence-corrected chi connectivity index (χ4v) is 3.66. The molecule has 0 radical (unpaired) electrons. The molecule has 0 bridgehead atoms. The van der Waals surface area contributed by atoms with E-state index in [9.17, 15) is 9.59 Å². The van der Waals surface area contributed by atoms with Crippen molar-refractivity contribution in [2.24, 2.45) is 0 Å². The van der Waals surface area contributed by atoms with Gasteiger partial charge < -0.3 is 19.4 Å². The highest BCUT2D eigenvalue weighted by Gasteiger charge is 2.42. The van der Waals surface area contributed by atoms with E-state index in [1.54, 1.807) is 4.90 Å². The predicted molar refractivity (Wildman–Crippen MR) is 102 cm³/mol. The minimum Gasteiger partial charge on any atom is -0.444 e. The van der Waals surface area contributed by atoms with Crippen LogP contribution < -0.4 is 5.32 Å². The van der Waals surface area contributed by atoms with E-state index in [4.69, 9.17) is 9.16 Å². The van der Waals surface area contributed by atoms with E-state index in [0.29, 0.717) is 19.6 Å². The fourth-order valence-electron chi connectivity index (χ4n) is 2.38. The van der Waals surface area contributed by atoms with Crippen LogP contribution in [0.4, 0.5) is 4.79 Å². The van der Waals surface area contributed by atoms with Gasteiger partial charge in [-0.3, -0.25) is 4.79 Å². The molecule has 0 saturated carbocycles. The highest BCUT2D eigenvalue weighted by Crippen LogP contribution is 2.38. The predicted octanol–water partition coefficient (Wildman–Crippen LogP) is 3.52. The first kappa shape index (κ1) is 22.0. The van der Waals surface area contributed by atoms with Crippen LogP contribution >= 0.6 is 0 Å². The van der Waals surface area contributed by atoms with Gasteiger partial charge in [0.05, 0.1) is 0 Å². The summed E-state index contributed by atoms with van der Waals surface area (Å²) in [6.45, 7) is 17.9. The minimum atomic E-state index is -1.98. The van der Waals surface area contributed by atoms with Gasteiger partial charge in [0, 0.05) is 19.6 Å². The largest absolute Gasteiger partial charge is 0.444 e. The summed E-state index contributed by atoms with van der Waals surface area (Å²) in [4.78, 5) is 26.2. The molecule has 25 heavy (non-hydrogen) atoms. The highest BCUT2D eigenvalue weighted by molar-refractivity contribution is 6.74. The van der Waals surface area contributed by atoms with E-state index in [0.717, 1.165) is 12.8 Å². The second kappa shape index (κ2) is 8.08. The summed E-state index contributed by atoms with van der Waals surface area (Å²) in [6, 6.07) is 0. The first-order chi connectivity index (χ1) is 11.2. The van der Waals surface area contributed by atoms with Crippen LogP contribution in [0.15, 0.2) is 0 Å². The van der Waals surface area contributed by atoms with E-state index < -0.39 is 20.0 Å². The van der Waals surface area contributed by atoms with Crippen LogP contribution in [-0.2, 0) is 14.0 Å². The van der Waals surface area contributed by atoms with Crippen LogP contribution in [0.3, 0.4) is 0 Å². The van der Waals surface area contributed by atoms with E-state index in [2.05, 4.69) is 39.2 Å². The van der Waals surface area contributed by atoms with Gasteiger partial charge in [-0.15, -0.1) is 0 Å². The number of nitrogens with zero attached hydrogens (tertiary/aromatic N) is 1. The molecule has 0 aromatic rings. The minimum absolute atomic E-state index is 0.0436. The molecule has 1 aliphatic heterocycles. The van der Waals surface area contributed by atoms with Crippen LogP contribution in [0.5, 0.6) is 0 Å². The quantitative estimate of drug-likeness (QED) is 0.750. The molecule has 0 spiro atoms. The molecule has 146 valence electrons. The smallest absolute Gasteiger partial charge is 0.407 e. The Bertz CT molecular complexity index is 480. The molecule has 1 fully saturated rings. The van der Waals surface area contributed by atoms with Crippen LogP contribution in [0.2, 0.25) is 18.1 Å². The summed E-state index contributed by atoms with van der Waals surface area (Å²) in [6.07, 6.45) is 0.904. The number of ether oxygens (including phenoxy) is 1. The average molecular weight is 373 g/mol. The number of amides is 2. The van der Waals surface area contributed by atoms with Crippen LogP contribution in [0, 0.1) is 0 Å². The summed E-state index contributed by atoms with van der Waals surface area (Å²) in [5, 5.41) is 2.78. The number of alkyl carbamates (subject to hydrolysis) is 1. The van der Waals surface area contributed by atoms with Gasteiger partial charge >= 0.3 is 6.09 Å².